The van der Waals surface area contributed by atoms with Crippen molar-refractivity contribution in [2.45, 2.75) is 26.2 Å². The van der Waals surface area contributed by atoms with E-state index in [1.54, 1.807) is 21.1 Å². The van der Waals surface area contributed by atoms with Crippen molar-refractivity contribution in [3.63, 3.8) is 0 Å². The van der Waals surface area contributed by atoms with E-state index < -0.39 is 0 Å². The van der Waals surface area contributed by atoms with Crippen molar-refractivity contribution in [3.8, 4) is 11.5 Å². The molecule has 1 aliphatic rings. The van der Waals surface area contributed by atoms with Gasteiger partial charge in [0.25, 0.3) is 0 Å². The Hall–Kier alpha value is -2.24. The number of hydrogen-bond donors (Lipinski definition) is 0. The average molecular weight is 334 g/mol. The number of ether oxygens (including phenoxy) is 2. The Morgan fingerprint density at radius 3 is 2.33 bits per heavy atom. The molecule has 2 amide bonds. The molecule has 0 aromatic heterocycles. The summed E-state index contributed by atoms with van der Waals surface area (Å²) >= 11 is 0. The van der Waals surface area contributed by atoms with Crippen LogP contribution in [0.4, 0.5) is 0 Å². The molecule has 0 aliphatic carbocycles. The van der Waals surface area contributed by atoms with Crippen LogP contribution in [-0.4, -0.2) is 62.0 Å². The fourth-order valence-electron chi connectivity index (χ4n) is 2.93. The van der Waals surface area contributed by atoms with Crippen LogP contribution >= 0.6 is 0 Å². The second-order valence-electron chi connectivity index (χ2n) is 5.93. The minimum atomic E-state index is 0.0784. The Kier molecular flexibility index (Phi) is 6.46. The lowest BCUT2D eigenvalue weighted by atomic mass is 10.1. The molecule has 1 heterocycles. The zero-order valence-corrected chi connectivity index (χ0v) is 14.7. The molecule has 1 aromatic rings. The molecule has 0 N–H and O–H groups in total. The normalized spacial score (nSPS) is 15.0. The van der Waals surface area contributed by atoms with E-state index in [0.717, 1.165) is 18.5 Å². The number of methoxy groups -OCH3 is 2. The van der Waals surface area contributed by atoms with Gasteiger partial charge in [0.1, 0.15) is 0 Å². The summed E-state index contributed by atoms with van der Waals surface area (Å²) in [5.41, 5.74) is 1.04. The number of carbonyl (C=O) groups excluding carboxylic acids is 2. The molecule has 0 bridgehead atoms. The largest absolute Gasteiger partial charge is 0.493 e. The Morgan fingerprint density at radius 2 is 1.67 bits per heavy atom. The van der Waals surface area contributed by atoms with Crippen LogP contribution in [0.15, 0.2) is 18.2 Å². The van der Waals surface area contributed by atoms with Gasteiger partial charge in [-0.15, -0.1) is 0 Å². The number of benzene rings is 1. The van der Waals surface area contributed by atoms with Gasteiger partial charge in [0.05, 0.1) is 14.2 Å². The molecule has 132 valence electrons. The van der Waals surface area contributed by atoms with E-state index in [9.17, 15) is 9.59 Å². The number of hydrogen-bond acceptors (Lipinski definition) is 4. The molecule has 6 nitrogen and oxygen atoms in total. The smallest absolute Gasteiger partial charge is 0.222 e. The van der Waals surface area contributed by atoms with E-state index in [1.807, 2.05) is 28.0 Å². The molecule has 1 aromatic carbocycles. The molecule has 1 saturated heterocycles. The van der Waals surface area contributed by atoms with Gasteiger partial charge < -0.3 is 19.3 Å². The fraction of sp³-hybridized carbons (Fsp3) is 0.556. The first-order valence-corrected chi connectivity index (χ1v) is 8.29. The van der Waals surface area contributed by atoms with Gasteiger partial charge in [0, 0.05) is 39.5 Å². The summed E-state index contributed by atoms with van der Waals surface area (Å²) < 4.78 is 10.5. The van der Waals surface area contributed by atoms with Gasteiger partial charge >= 0.3 is 0 Å². The van der Waals surface area contributed by atoms with Crippen LogP contribution in [0.1, 0.15) is 25.3 Å². The average Bonchev–Trinajstić information content (AvgIpc) is 2.85. The first kappa shape index (κ1) is 18.1. The van der Waals surface area contributed by atoms with Gasteiger partial charge in [-0.3, -0.25) is 9.59 Å². The van der Waals surface area contributed by atoms with Crippen molar-refractivity contribution in [3.05, 3.63) is 23.8 Å². The lowest BCUT2D eigenvalue weighted by molar-refractivity contribution is -0.132. The van der Waals surface area contributed by atoms with E-state index in [1.165, 1.54) is 0 Å². The van der Waals surface area contributed by atoms with Crippen LogP contribution in [0.25, 0.3) is 0 Å². The number of nitrogens with zero attached hydrogens (tertiary/aromatic N) is 2. The Bertz CT molecular complexity index is 588. The first-order valence-electron chi connectivity index (χ1n) is 8.29. The second-order valence-corrected chi connectivity index (χ2v) is 5.93. The van der Waals surface area contributed by atoms with Crippen LogP contribution in [0.5, 0.6) is 11.5 Å². The Labute approximate surface area is 143 Å². The van der Waals surface area contributed by atoms with Gasteiger partial charge in [0.2, 0.25) is 11.8 Å². The minimum absolute atomic E-state index is 0.0784. The number of aryl methyl sites for hydroxylation is 1. The van der Waals surface area contributed by atoms with E-state index in [-0.39, 0.29) is 11.8 Å². The summed E-state index contributed by atoms with van der Waals surface area (Å²) in [7, 11) is 3.20. The molecule has 0 spiro atoms. The van der Waals surface area contributed by atoms with Crippen molar-refractivity contribution in [1.82, 2.24) is 9.80 Å². The molecule has 6 heteroatoms. The predicted octanol–water partition coefficient (Wildman–Crippen LogP) is 1.72. The van der Waals surface area contributed by atoms with Crippen LogP contribution in [0.2, 0.25) is 0 Å². The third kappa shape index (κ3) is 4.63. The van der Waals surface area contributed by atoms with Crippen LogP contribution < -0.4 is 9.47 Å². The van der Waals surface area contributed by atoms with E-state index in [4.69, 9.17) is 9.47 Å². The fourth-order valence-corrected chi connectivity index (χ4v) is 2.93. The molecular weight excluding hydrogens is 308 g/mol. The van der Waals surface area contributed by atoms with E-state index in [0.29, 0.717) is 44.0 Å². The number of amides is 2. The van der Waals surface area contributed by atoms with Gasteiger partial charge in [-0.25, -0.2) is 0 Å². The third-order valence-corrected chi connectivity index (χ3v) is 4.37. The van der Waals surface area contributed by atoms with Crippen molar-refractivity contribution in [1.29, 1.82) is 0 Å². The number of carbonyl (C=O) groups is 2. The van der Waals surface area contributed by atoms with Crippen LogP contribution in [-0.2, 0) is 16.0 Å². The van der Waals surface area contributed by atoms with Gasteiger partial charge in [0.15, 0.2) is 11.5 Å². The summed E-state index contributed by atoms with van der Waals surface area (Å²) in [6.45, 7) is 4.26. The van der Waals surface area contributed by atoms with Gasteiger partial charge in [-0.05, 0) is 30.5 Å². The highest BCUT2D eigenvalue weighted by Crippen LogP contribution is 2.28. The Balaban J connectivity index is 1.90. The van der Waals surface area contributed by atoms with Crippen LogP contribution in [0, 0.1) is 0 Å². The standard InChI is InChI=1S/C18H26N2O4/c1-14(21)19-9-4-10-20(12-11-19)18(22)8-6-15-5-7-16(23-2)17(13-15)24-3/h5,7,13H,4,6,8-12H2,1-3H3. The summed E-state index contributed by atoms with van der Waals surface area (Å²) in [4.78, 5) is 27.6. The summed E-state index contributed by atoms with van der Waals surface area (Å²) in [5, 5.41) is 0. The molecule has 0 saturated carbocycles. The Morgan fingerprint density at radius 1 is 1.00 bits per heavy atom. The highest BCUT2D eigenvalue weighted by atomic mass is 16.5. The number of rotatable bonds is 5. The lowest BCUT2D eigenvalue weighted by Crippen LogP contribution is -2.36. The summed E-state index contributed by atoms with van der Waals surface area (Å²) in [5.74, 6) is 1.57. The van der Waals surface area contributed by atoms with Gasteiger partial charge in [-0.1, -0.05) is 6.07 Å². The lowest BCUT2D eigenvalue weighted by Gasteiger charge is -2.21. The third-order valence-electron chi connectivity index (χ3n) is 4.37. The topological polar surface area (TPSA) is 59.1 Å². The van der Waals surface area contributed by atoms with Crippen molar-refractivity contribution < 1.29 is 19.1 Å². The maximum absolute atomic E-state index is 12.4. The molecule has 1 aliphatic heterocycles. The molecule has 0 radical (unpaired) electrons. The van der Waals surface area contributed by atoms with Gasteiger partial charge in [-0.2, -0.15) is 0 Å². The molecule has 0 atom stereocenters. The minimum Gasteiger partial charge on any atom is -0.493 e. The van der Waals surface area contributed by atoms with Crippen molar-refractivity contribution in [2.24, 2.45) is 0 Å². The maximum atomic E-state index is 12.4. The zero-order valence-electron chi connectivity index (χ0n) is 14.7. The highest BCUT2D eigenvalue weighted by Gasteiger charge is 2.20. The molecule has 0 unspecified atom stereocenters. The SMILES string of the molecule is COc1ccc(CCC(=O)N2CCCN(C(C)=O)CC2)cc1OC. The zero-order chi connectivity index (χ0) is 17.5. The molecular formula is C18H26N2O4. The monoisotopic (exact) mass is 334 g/mol. The maximum Gasteiger partial charge on any atom is 0.222 e. The van der Waals surface area contributed by atoms with E-state index >= 15 is 0 Å². The highest BCUT2D eigenvalue weighted by molar-refractivity contribution is 5.77. The first-order chi connectivity index (χ1) is 11.5. The second kappa shape index (κ2) is 8.57. The molecule has 1 fully saturated rings. The van der Waals surface area contributed by atoms with Crippen molar-refractivity contribution in [2.75, 3.05) is 40.4 Å². The van der Waals surface area contributed by atoms with E-state index in [2.05, 4.69) is 0 Å². The summed E-state index contributed by atoms with van der Waals surface area (Å²) in [6, 6.07) is 5.72. The quantitative estimate of drug-likeness (QED) is 0.823. The summed E-state index contributed by atoms with van der Waals surface area (Å²) in [6.07, 6.45) is 1.95. The molecule has 2 rings (SSSR count). The van der Waals surface area contributed by atoms with Crippen molar-refractivity contribution >= 4 is 11.8 Å². The molecule has 24 heavy (non-hydrogen) atoms. The van der Waals surface area contributed by atoms with Crippen LogP contribution in [0.3, 0.4) is 0 Å². The predicted molar refractivity (Wildman–Crippen MR) is 91.3 cm³/mol.